The smallest absolute Gasteiger partial charge is 0.242 e. The summed E-state index contributed by atoms with van der Waals surface area (Å²) in [6, 6.07) is 14.9. The highest BCUT2D eigenvalue weighted by molar-refractivity contribution is 5.87. The highest BCUT2D eigenvalue weighted by Gasteiger charge is 2.28. The predicted molar refractivity (Wildman–Crippen MR) is 116 cm³/mol. The molecular weight excluding hydrogens is 383 g/mol. The number of carbonyl (C=O) groups excluding carboxylic acids is 2. The number of nitrogens with one attached hydrogen (secondary N) is 1. The molecule has 2 amide bonds. The lowest BCUT2D eigenvalue weighted by molar-refractivity contribution is -0.141. The lowest BCUT2D eigenvalue weighted by atomic mass is 10.1. The number of benzene rings is 2. The van der Waals surface area contributed by atoms with Gasteiger partial charge in [-0.3, -0.25) is 9.59 Å². The first kappa shape index (κ1) is 23.4. The molecule has 0 saturated heterocycles. The molecule has 0 fully saturated rings. The van der Waals surface area contributed by atoms with E-state index in [4.69, 9.17) is 4.74 Å². The molecule has 0 unspecified atom stereocenters. The quantitative estimate of drug-likeness (QED) is 0.526. The van der Waals surface area contributed by atoms with Crippen LogP contribution in [0.3, 0.4) is 0 Å². The van der Waals surface area contributed by atoms with Gasteiger partial charge in [-0.1, -0.05) is 44.2 Å². The van der Waals surface area contributed by atoms with Gasteiger partial charge < -0.3 is 15.0 Å². The van der Waals surface area contributed by atoms with Crippen LogP contribution in [-0.4, -0.2) is 35.9 Å². The molecule has 0 aliphatic heterocycles. The molecule has 2 aromatic rings. The van der Waals surface area contributed by atoms with Crippen molar-refractivity contribution >= 4 is 11.8 Å². The number of ether oxygens (including phenoxy) is 1. The summed E-state index contributed by atoms with van der Waals surface area (Å²) in [5.41, 5.74) is 0.784. The zero-order chi connectivity index (χ0) is 21.8. The van der Waals surface area contributed by atoms with Crippen LogP contribution in [0.5, 0.6) is 5.75 Å². The summed E-state index contributed by atoms with van der Waals surface area (Å²) in [6.45, 7) is 5.11. The third-order valence-electron chi connectivity index (χ3n) is 4.75. The van der Waals surface area contributed by atoms with Gasteiger partial charge in [0.1, 0.15) is 17.6 Å². The maximum Gasteiger partial charge on any atom is 0.242 e. The van der Waals surface area contributed by atoms with Gasteiger partial charge in [0.15, 0.2) is 0 Å². The molecule has 6 heteroatoms. The Bertz CT molecular complexity index is 781. The summed E-state index contributed by atoms with van der Waals surface area (Å²) < 4.78 is 18.9. The first-order valence-electron chi connectivity index (χ1n) is 10.5. The normalized spacial score (nSPS) is 11.6. The lowest BCUT2D eigenvalue weighted by Gasteiger charge is -2.30. The van der Waals surface area contributed by atoms with Gasteiger partial charge in [0.25, 0.3) is 0 Å². The number of nitrogens with zero attached hydrogens (tertiary/aromatic N) is 1. The fraction of sp³-hybridized carbons (Fsp3) is 0.417. The van der Waals surface area contributed by atoms with Crippen molar-refractivity contribution in [3.63, 3.8) is 0 Å². The SMILES string of the molecule is CCCNC(=O)[C@@H](CC)N(Cc1ccc(F)cc1)C(=O)CCCOc1ccccc1. The van der Waals surface area contributed by atoms with E-state index in [0.29, 0.717) is 26.0 Å². The number of rotatable bonds is 12. The second-order valence-corrected chi connectivity index (χ2v) is 7.13. The molecule has 2 rings (SSSR count). The Kier molecular flexibility index (Phi) is 9.84. The van der Waals surface area contributed by atoms with E-state index >= 15 is 0 Å². The van der Waals surface area contributed by atoms with Gasteiger partial charge in [0.05, 0.1) is 6.61 Å². The van der Waals surface area contributed by atoms with Crippen molar-refractivity contribution in [2.24, 2.45) is 0 Å². The Morgan fingerprint density at radius 3 is 2.40 bits per heavy atom. The number of carbonyl (C=O) groups is 2. The third kappa shape index (κ3) is 7.50. The predicted octanol–water partition coefficient (Wildman–Crippen LogP) is 4.32. The van der Waals surface area contributed by atoms with Crippen LogP contribution in [0.15, 0.2) is 54.6 Å². The molecule has 0 saturated carbocycles. The largest absolute Gasteiger partial charge is 0.494 e. The number of amides is 2. The summed E-state index contributed by atoms with van der Waals surface area (Å²) in [7, 11) is 0. The topological polar surface area (TPSA) is 58.6 Å². The molecule has 30 heavy (non-hydrogen) atoms. The number of halogens is 1. The summed E-state index contributed by atoms with van der Waals surface area (Å²) in [4.78, 5) is 27.3. The van der Waals surface area contributed by atoms with Crippen molar-refractivity contribution in [2.75, 3.05) is 13.2 Å². The Labute approximate surface area is 178 Å². The monoisotopic (exact) mass is 414 g/mol. The van der Waals surface area contributed by atoms with Gasteiger partial charge in [-0.25, -0.2) is 4.39 Å². The zero-order valence-electron chi connectivity index (χ0n) is 17.8. The minimum absolute atomic E-state index is 0.116. The zero-order valence-corrected chi connectivity index (χ0v) is 17.8. The first-order valence-corrected chi connectivity index (χ1v) is 10.5. The third-order valence-corrected chi connectivity index (χ3v) is 4.75. The number of hydrogen-bond acceptors (Lipinski definition) is 3. The van der Waals surface area contributed by atoms with E-state index in [1.807, 2.05) is 44.2 Å². The summed E-state index contributed by atoms with van der Waals surface area (Å²) in [5, 5.41) is 2.88. The number of para-hydroxylation sites is 1. The Morgan fingerprint density at radius 2 is 1.77 bits per heavy atom. The average Bonchev–Trinajstić information content (AvgIpc) is 2.77. The minimum atomic E-state index is -0.566. The molecule has 5 nitrogen and oxygen atoms in total. The van der Waals surface area contributed by atoms with Crippen LogP contribution < -0.4 is 10.1 Å². The first-order chi connectivity index (χ1) is 14.5. The highest BCUT2D eigenvalue weighted by atomic mass is 19.1. The average molecular weight is 415 g/mol. The van der Waals surface area contributed by atoms with E-state index < -0.39 is 6.04 Å². The molecule has 162 valence electrons. The van der Waals surface area contributed by atoms with Crippen molar-refractivity contribution in [2.45, 2.75) is 52.1 Å². The molecule has 1 N–H and O–H groups in total. The van der Waals surface area contributed by atoms with Crippen LogP contribution in [0.4, 0.5) is 4.39 Å². The molecule has 1 atom stereocenters. The van der Waals surface area contributed by atoms with E-state index in [1.165, 1.54) is 12.1 Å². The fourth-order valence-corrected chi connectivity index (χ4v) is 3.15. The minimum Gasteiger partial charge on any atom is -0.494 e. The van der Waals surface area contributed by atoms with E-state index in [9.17, 15) is 14.0 Å². The molecule has 0 spiro atoms. The van der Waals surface area contributed by atoms with Gasteiger partial charge in [-0.2, -0.15) is 0 Å². The van der Waals surface area contributed by atoms with Crippen molar-refractivity contribution in [3.05, 3.63) is 66.0 Å². The highest BCUT2D eigenvalue weighted by Crippen LogP contribution is 2.15. The molecule has 2 aromatic carbocycles. The van der Waals surface area contributed by atoms with E-state index in [-0.39, 0.29) is 30.6 Å². The van der Waals surface area contributed by atoms with Crippen LogP contribution in [0, 0.1) is 5.82 Å². The Balaban J connectivity index is 2.03. The van der Waals surface area contributed by atoms with Crippen LogP contribution in [0.1, 0.15) is 45.1 Å². The summed E-state index contributed by atoms with van der Waals surface area (Å²) in [5.74, 6) is 0.158. The van der Waals surface area contributed by atoms with Crippen LogP contribution in [0.25, 0.3) is 0 Å². The molecule has 0 bridgehead atoms. The maximum absolute atomic E-state index is 13.3. The molecule has 0 heterocycles. The molecule has 0 aliphatic rings. The Hall–Kier alpha value is -2.89. The van der Waals surface area contributed by atoms with E-state index in [0.717, 1.165) is 17.7 Å². The molecule has 0 radical (unpaired) electrons. The van der Waals surface area contributed by atoms with Gasteiger partial charge in [-0.15, -0.1) is 0 Å². The van der Waals surface area contributed by atoms with Gasteiger partial charge in [-0.05, 0) is 49.1 Å². The molecule has 0 aromatic heterocycles. The molecular formula is C24H31FN2O3. The van der Waals surface area contributed by atoms with Crippen LogP contribution in [0.2, 0.25) is 0 Å². The van der Waals surface area contributed by atoms with Crippen molar-refractivity contribution in [1.29, 1.82) is 0 Å². The van der Waals surface area contributed by atoms with Crippen molar-refractivity contribution < 1.29 is 18.7 Å². The van der Waals surface area contributed by atoms with Crippen LogP contribution in [-0.2, 0) is 16.1 Å². The Morgan fingerprint density at radius 1 is 1.07 bits per heavy atom. The molecule has 0 aliphatic carbocycles. The van der Waals surface area contributed by atoms with Gasteiger partial charge in [0.2, 0.25) is 11.8 Å². The second-order valence-electron chi connectivity index (χ2n) is 7.13. The van der Waals surface area contributed by atoms with E-state index in [1.54, 1.807) is 17.0 Å². The summed E-state index contributed by atoms with van der Waals surface area (Å²) in [6.07, 6.45) is 2.14. The lowest BCUT2D eigenvalue weighted by Crippen LogP contribution is -2.49. The number of hydrogen-bond donors (Lipinski definition) is 1. The second kappa shape index (κ2) is 12.6. The summed E-state index contributed by atoms with van der Waals surface area (Å²) >= 11 is 0. The van der Waals surface area contributed by atoms with Crippen molar-refractivity contribution in [3.8, 4) is 5.75 Å². The van der Waals surface area contributed by atoms with E-state index in [2.05, 4.69) is 5.32 Å². The maximum atomic E-state index is 13.3. The van der Waals surface area contributed by atoms with Gasteiger partial charge in [0, 0.05) is 19.5 Å². The van der Waals surface area contributed by atoms with Crippen LogP contribution >= 0.6 is 0 Å². The van der Waals surface area contributed by atoms with Crippen molar-refractivity contribution in [1.82, 2.24) is 10.2 Å². The van der Waals surface area contributed by atoms with Gasteiger partial charge >= 0.3 is 0 Å². The standard InChI is InChI=1S/C24H31FN2O3/c1-3-16-26-24(29)22(4-2)27(18-19-12-14-20(25)15-13-19)23(28)11-8-17-30-21-9-6-5-7-10-21/h5-7,9-10,12-15,22H,3-4,8,11,16-18H2,1-2H3,(H,26,29)/t22-/m1/s1. The fourth-order valence-electron chi connectivity index (χ4n) is 3.15.